The van der Waals surface area contributed by atoms with Crippen LogP contribution in [0.15, 0.2) is 36.4 Å². The van der Waals surface area contributed by atoms with Crippen LogP contribution in [0.1, 0.15) is 66.8 Å². The van der Waals surface area contributed by atoms with Crippen molar-refractivity contribution in [3.8, 4) is 0 Å². The molecular formula is C30H34ClF9N6O2. The van der Waals surface area contributed by atoms with Crippen LogP contribution in [-0.4, -0.2) is 44.4 Å². The molecule has 0 atom stereocenters. The Morgan fingerprint density at radius 1 is 0.833 bits per heavy atom. The number of benzene rings is 2. The number of hydrogen-bond donors (Lipinski definition) is 1. The molecule has 1 aliphatic rings. The first kappa shape index (κ1) is 38.7. The van der Waals surface area contributed by atoms with Gasteiger partial charge in [-0.05, 0) is 97.2 Å². The number of rotatable bonds is 11. The van der Waals surface area contributed by atoms with Gasteiger partial charge in [-0.1, -0.05) is 5.10 Å². The third-order valence-corrected chi connectivity index (χ3v) is 8.20. The van der Waals surface area contributed by atoms with Crippen molar-refractivity contribution in [2.75, 3.05) is 22.9 Å². The Labute approximate surface area is 276 Å². The van der Waals surface area contributed by atoms with Gasteiger partial charge >= 0.3 is 24.5 Å². The van der Waals surface area contributed by atoms with Gasteiger partial charge < -0.3 is 14.9 Å². The maximum Gasteiger partial charge on any atom is 0.416 e. The fourth-order valence-corrected chi connectivity index (χ4v) is 5.91. The zero-order valence-corrected chi connectivity index (χ0v) is 26.6. The lowest BCUT2D eigenvalue weighted by atomic mass is 9.80. The van der Waals surface area contributed by atoms with Gasteiger partial charge in [0.15, 0.2) is 0 Å². The molecule has 3 aromatic rings. The van der Waals surface area contributed by atoms with E-state index in [9.17, 15) is 44.3 Å². The molecule has 0 aliphatic heterocycles. The molecule has 4 rings (SSSR count). The van der Waals surface area contributed by atoms with Gasteiger partial charge in [-0.15, -0.1) is 17.5 Å². The highest BCUT2D eigenvalue weighted by Crippen LogP contribution is 2.39. The summed E-state index contributed by atoms with van der Waals surface area (Å²) >= 11 is 0. The Hall–Kier alpha value is -3.76. The molecule has 1 aliphatic carbocycles. The number of tetrazole rings is 1. The Kier molecular flexibility index (Phi) is 12.3. The zero-order valence-electron chi connectivity index (χ0n) is 25.8. The lowest BCUT2D eigenvalue weighted by Crippen LogP contribution is -2.33. The predicted octanol–water partition coefficient (Wildman–Crippen LogP) is 8.00. The lowest BCUT2D eigenvalue weighted by molar-refractivity contribution is -0.143. The van der Waals surface area contributed by atoms with E-state index in [0.717, 1.165) is 29.8 Å². The summed E-state index contributed by atoms with van der Waals surface area (Å²) in [5, 5.41) is 20.7. The third-order valence-electron chi connectivity index (χ3n) is 8.20. The molecule has 0 amide bonds. The van der Waals surface area contributed by atoms with Crippen molar-refractivity contribution in [2.45, 2.75) is 70.6 Å². The van der Waals surface area contributed by atoms with Gasteiger partial charge in [-0.2, -0.15) is 44.3 Å². The van der Waals surface area contributed by atoms with Crippen molar-refractivity contribution < 1.29 is 49.4 Å². The molecule has 48 heavy (non-hydrogen) atoms. The second-order valence-electron chi connectivity index (χ2n) is 11.7. The topological polar surface area (TPSA) is 87.4 Å². The van der Waals surface area contributed by atoms with Crippen molar-refractivity contribution in [3.05, 3.63) is 64.2 Å². The molecule has 1 fully saturated rings. The average molecular weight is 717 g/mol. The van der Waals surface area contributed by atoms with Crippen LogP contribution in [0, 0.1) is 11.8 Å². The van der Waals surface area contributed by atoms with E-state index in [-0.39, 0.29) is 48.2 Å². The number of aliphatic carboxylic acids is 1. The van der Waals surface area contributed by atoms with Crippen molar-refractivity contribution in [1.29, 1.82) is 0 Å². The van der Waals surface area contributed by atoms with Crippen LogP contribution in [-0.2, 0) is 43.5 Å². The standard InChI is InChI=1S/C30H33F9N6O2.ClH/c1-3-44(15-19-6-4-18(5-7-19)12-26(46)47)25-9-8-22(28(31,32)33)13-21(25)17-45(27-40-42-43(2)41-27)16-20-10-23(29(34,35)36)14-24(11-20)30(37,38)39;/h8-11,13-14,18-19H,3-7,12,15-17H2,1-2H3,(H,46,47);1H/t18-,19-;. The summed E-state index contributed by atoms with van der Waals surface area (Å²) in [7, 11) is 1.38. The van der Waals surface area contributed by atoms with Crippen LogP contribution in [0.5, 0.6) is 0 Å². The molecule has 1 aromatic heterocycles. The molecule has 18 heteroatoms. The maximum atomic E-state index is 13.9. The first-order valence-electron chi connectivity index (χ1n) is 14.8. The average Bonchev–Trinajstić information content (AvgIpc) is 3.41. The summed E-state index contributed by atoms with van der Waals surface area (Å²) in [6.45, 7) is 1.60. The van der Waals surface area contributed by atoms with E-state index in [1.165, 1.54) is 18.0 Å². The molecule has 1 saturated carbocycles. The van der Waals surface area contributed by atoms with Gasteiger partial charge in [0.25, 0.3) is 5.95 Å². The number of aromatic nitrogens is 4. The molecular weight excluding hydrogens is 683 g/mol. The van der Waals surface area contributed by atoms with Gasteiger partial charge in [0.1, 0.15) is 0 Å². The number of carboxylic acid groups (broad SMARTS) is 1. The molecule has 0 spiro atoms. The summed E-state index contributed by atoms with van der Waals surface area (Å²) in [6, 6.07) is 4.20. The number of halogens is 10. The van der Waals surface area contributed by atoms with Crippen LogP contribution in [0.25, 0.3) is 0 Å². The SMILES string of the molecule is CCN(C[C@H]1CC[C@H](CC(=O)O)CC1)c1ccc(C(F)(F)F)cc1CN(Cc1cc(C(F)(F)F)cc(C(F)(F)F)c1)c1nnn(C)n1.Cl. The van der Waals surface area contributed by atoms with Crippen molar-refractivity contribution in [1.82, 2.24) is 20.2 Å². The van der Waals surface area contributed by atoms with E-state index in [0.29, 0.717) is 43.8 Å². The van der Waals surface area contributed by atoms with Crippen LogP contribution < -0.4 is 9.80 Å². The fourth-order valence-electron chi connectivity index (χ4n) is 5.91. The zero-order chi connectivity index (χ0) is 34.7. The highest BCUT2D eigenvalue weighted by Gasteiger charge is 2.37. The van der Waals surface area contributed by atoms with Gasteiger partial charge in [0.05, 0.1) is 23.7 Å². The number of carbonyl (C=O) groups is 1. The van der Waals surface area contributed by atoms with E-state index >= 15 is 0 Å². The molecule has 0 bridgehead atoms. The van der Waals surface area contributed by atoms with Crippen molar-refractivity contribution in [3.63, 3.8) is 0 Å². The molecule has 1 heterocycles. The van der Waals surface area contributed by atoms with Crippen LogP contribution in [0.4, 0.5) is 51.1 Å². The summed E-state index contributed by atoms with van der Waals surface area (Å²) in [5.41, 5.74) is -4.00. The Morgan fingerprint density at radius 3 is 1.88 bits per heavy atom. The van der Waals surface area contributed by atoms with E-state index in [1.807, 2.05) is 4.90 Å². The van der Waals surface area contributed by atoms with E-state index < -0.39 is 59.8 Å². The summed E-state index contributed by atoms with van der Waals surface area (Å²) in [4.78, 5) is 15.2. The summed E-state index contributed by atoms with van der Waals surface area (Å²) in [6.07, 6.45) is -12.1. The first-order valence-corrected chi connectivity index (χ1v) is 14.8. The van der Waals surface area contributed by atoms with Crippen LogP contribution >= 0.6 is 12.4 Å². The highest BCUT2D eigenvalue weighted by atomic mass is 35.5. The number of hydrogen-bond acceptors (Lipinski definition) is 6. The molecule has 2 aromatic carbocycles. The summed E-state index contributed by atoms with van der Waals surface area (Å²) < 4.78 is 123. The predicted molar refractivity (Wildman–Crippen MR) is 159 cm³/mol. The minimum Gasteiger partial charge on any atom is -0.481 e. The smallest absolute Gasteiger partial charge is 0.416 e. The Balaban J connectivity index is 0.00000625. The fraction of sp³-hybridized carbons (Fsp3) is 0.533. The van der Waals surface area contributed by atoms with Crippen LogP contribution in [0.3, 0.4) is 0 Å². The quantitative estimate of drug-likeness (QED) is 0.201. The normalized spacial score (nSPS) is 17.1. The van der Waals surface area contributed by atoms with E-state index in [2.05, 4.69) is 15.4 Å². The Morgan fingerprint density at radius 2 is 1.40 bits per heavy atom. The molecule has 0 radical (unpaired) electrons. The second kappa shape index (κ2) is 15.2. The Bertz CT molecular complexity index is 1500. The van der Waals surface area contributed by atoms with Crippen LogP contribution in [0.2, 0.25) is 0 Å². The third kappa shape index (κ3) is 10.1. The van der Waals surface area contributed by atoms with Crippen molar-refractivity contribution in [2.24, 2.45) is 18.9 Å². The molecule has 0 unspecified atom stereocenters. The molecule has 8 nitrogen and oxygen atoms in total. The number of nitrogens with zero attached hydrogens (tertiary/aromatic N) is 6. The van der Waals surface area contributed by atoms with Gasteiger partial charge in [0.2, 0.25) is 0 Å². The molecule has 266 valence electrons. The minimum absolute atomic E-state index is 0. The maximum absolute atomic E-state index is 13.9. The monoisotopic (exact) mass is 716 g/mol. The molecule has 1 N–H and O–H groups in total. The molecule has 0 saturated heterocycles. The number of aryl methyl sites for hydroxylation is 1. The number of alkyl halides is 9. The largest absolute Gasteiger partial charge is 0.481 e. The highest BCUT2D eigenvalue weighted by molar-refractivity contribution is 5.85. The minimum atomic E-state index is -5.10. The second-order valence-corrected chi connectivity index (χ2v) is 11.7. The van der Waals surface area contributed by atoms with E-state index in [1.54, 1.807) is 6.92 Å². The van der Waals surface area contributed by atoms with Gasteiger partial charge in [-0.25, -0.2) is 0 Å². The van der Waals surface area contributed by atoms with Gasteiger partial charge in [0, 0.05) is 38.3 Å². The van der Waals surface area contributed by atoms with E-state index in [4.69, 9.17) is 5.11 Å². The van der Waals surface area contributed by atoms with Gasteiger partial charge in [-0.3, -0.25) is 4.79 Å². The van der Waals surface area contributed by atoms with Crippen molar-refractivity contribution >= 4 is 30.0 Å². The first-order chi connectivity index (χ1) is 21.8. The number of anilines is 2. The summed E-state index contributed by atoms with van der Waals surface area (Å²) in [5.74, 6) is -0.928. The number of carboxylic acids is 1. The lowest BCUT2D eigenvalue weighted by Gasteiger charge is -2.35.